The highest BCUT2D eigenvalue weighted by Crippen LogP contribution is 2.21. The molecule has 1 heterocycles. The van der Waals surface area contributed by atoms with E-state index in [2.05, 4.69) is 0 Å². The lowest BCUT2D eigenvalue weighted by atomic mass is 10.1. The number of hydrogen-bond donors (Lipinski definition) is 2. The van der Waals surface area contributed by atoms with Gasteiger partial charge in [-0.1, -0.05) is 30.3 Å². The maximum absolute atomic E-state index is 12.0. The van der Waals surface area contributed by atoms with Gasteiger partial charge in [0, 0.05) is 6.54 Å². The van der Waals surface area contributed by atoms with Crippen molar-refractivity contribution in [2.75, 3.05) is 6.54 Å². The van der Waals surface area contributed by atoms with E-state index in [1.807, 2.05) is 30.3 Å². The molecule has 1 fully saturated rings. The number of rotatable bonds is 4. The minimum absolute atomic E-state index is 0.131. The zero-order valence-corrected chi connectivity index (χ0v) is 10.9. The summed E-state index contributed by atoms with van der Waals surface area (Å²) in [6, 6.07) is 8.51. The Bertz CT molecular complexity index is 476. The van der Waals surface area contributed by atoms with Crippen LogP contribution in [0.5, 0.6) is 0 Å². The Kier molecular flexibility index (Phi) is 4.57. The van der Waals surface area contributed by atoms with Gasteiger partial charge < -0.3 is 19.8 Å². The van der Waals surface area contributed by atoms with Gasteiger partial charge >= 0.3 is 12.1 Å². The van der Waals surface area contributed by atoms with Gasteiger partial charge in [-0.3, -0.25) is 0 Å². The molecule has 1 saturated heterocycles. The van der Waals surface area contributed by atoms with Crippen LogP contribution in [-0.4, -0.2) is 45.9 Å². The van der Waals surface area contributed by atoms with Gasteiger partial charge in [0.25, 0.3) is 0 Å². The van der Waals surface area contributed by atoms with Crippen molar-refractivity contribution in [2.45, 2.75) is 31.6 Å². The number of aliphatic hydroxyl groups excluding tert-OH is 1. The van der Waals surface area contributed by atoms with Gasteiger partial charge in [-0.15, -0.1) is 0 Å². The first kappa shape index (κ1) is 14.3. The fraction of sp³-hybridized carbons (Fsp3) is 0.429. The number of amides is 1. The number of carbonyl (C=O) groups excluding carboxylic acids is 1. The first-order chi connectivity index (χ1) is 9.59. The molecule has 108 valence electrons. The van der Waals surface area contributed by atoms with Gasteiger partial charge in [0.1, 0.15) is 6.61 Å². The fourth-order valence-electron chi connectivity index (χ4n) is 2.31. The molecule has 1 aromatic carbocycles. The molecule has 2 unspecified atom stereocenters. The van der Waals surface area contributed by atoms with Gasteiger partial charge in [0.15, 0.2) is 6.10 Å². The van der Waals surface area contributed by atoms with Crippen molar-refractivity contribution >= 4 is 12.1 Å². The third-order valence-electron chi connectivity index (χ3n) is 3.36. The number of nitrogens with zero attached hydrogens (tertiary/aromatic N) is 1. The average Bonchev–Trinajstić information content (AvgIpc) is 2.94. The molecule has 1 amide bonds. The first-order valence-corrected chi connectivity index (χ1v) is 6.48. The molecule has 1 aliphatic heterocycles. The van der Waals surface area contributed by atoms with Gasteiger partial charge in [-0.2, -0.15) is 0 Å². The van der Waals surface area contributed by atoms with Crippen LogP contribution in [0.2, 0.25) is 0 Å². The lowest BCUT2D eigenvalue weighted by molar-refractivity contribution is -0.149. The lowest BCUT2D eigenvalue weighted by Crippen LogP contribution is -2.46. The highest BCUT2D eigenvalue weighted by molar-refractivity contribution is 5.75. The van der Waals surface area contributed by atoms with E-state index >= 15 is 0 Å². The van der Waals surface area contributed by atoms with E-state index in [0.717, 1.165) is 5.56 Å². The second-order valence-corrected chi connectivity index (χ2v) is 4.73. The monoisotopic (exact) mass is 279 g/mol. The van der Waals surface area contributed by atoms with Gasteiger partial charge in [0.2, 0.25) is 0 Å². The van der Waals surface area contributed by atoms with Crippen molar-refractivity contribution in [1.29, 1.82) is 0 Å². The van der Waals surface area contributed by atoms with Gasteiger partial charge in [0.05, 0.1) is 6.04 Å². The first-order valence-electron chi connectivity index (χ1n) is 6.48. The Hall–Kier alpha value is -2.08. The van der Waals surface area contributed by atoms with Crippen molar-refractivity contribution < 1.29 is 24.5 Å². The highest BCUT2D eigenvalue weighted by atomic mass is 16.6. The van der Waals surface area contributed by atoms with Crippen molar-refractivity contribution in [2.24, 2.45) is 0 Å². The molecule has 0 spiro atoms. The maximum Gasteiger partial charge on any atom is 0.410 e. The molecule has 2 rings (SSSR count). The summed E-state index contributed by atoms with van der Waals surface area (Å²) in [5, 5.41) is 18.4. The lowest BCUT2D eigenvalue weighted by Gasteiger charge is -2.25. The third kappa shape index (κ3) is 3.27. The van der Waals surface area contributed by atoms with E-state index in [0.29, 0.717) is 19.4 Å². The van der Waals surface area contributed by atoms with Crippen LogP contribution >= 0.6 is 0 Å². The molecule has 6 nitrogen and oxygen atoms in total. The second kappa shape index (κ2) is 6.38. The summed E-state index contributed by atoms with van der Waals surface area (Å²) in [6.07, 6.45) is -1.03. The topological polar surface area (TPSA) is 87.1 Å². The molecule has 0 radical (unpaired) electrons. The third-order valence-corrected chi connectivity index (χ3v) is 3.36. The van der Waals surface area contributed by atoms with Gasteiger partial charge in [-0.05, 0) is 18.4 Å². The molecule has 0 saturated carbocycles. The van der Waals surface area contributed by atoms with Crippen LogP contribution in [0.4, 0.5) is 4.79 Å². The Morgan fingerprint density at radius 1 is 1.35 bits per heavy atom. The van der Waals surface area contributed by atoms with Crippen molar-refractivity contribution in [3.05, 3.63) is 35.9 Å². The smallest absolute Gasteiger partial charge is 0.410 e. The van der Waals surface area contributed by atoms with Crippen LogP contribution < -0.4 is 0 Å². The van der Waals surface area contributed by atoms with E-state index in [4.69, 9.17) is 9.84 Å². The molecule has 2 atom stereocenters. The Morgan fingerprint density at radius 3 is 2.70 bits per heavy atom. The largest absolute Gasteiger partial charge is 0.479 e. The summed E-state index contributed by atoms with van der Waals surface area (Å²) in [4.78, 5) is 24.1. The summed E-state index contributed by atoms with van der Waals surface area (Å²) in [5.74, 6) is -1.32. The minimum atomic E-state index is -1.57. The summed E-state index contributed by atoms with van der Waals surface area (Å²) in [7, 11) is 0. The highest BCUT2D eigenvalue weighted by Gasteiger charge is 2.38. The number of aliphatic hydroxyl groups is 1. The molecule has 2 N–H and O–H groups in total. The van der Waals surface area contributed by atoms with E-state index in [9.17, 15) is 14.7 Å². The molecule has 0 aromatic heterocycles. The Labute approximate surface area is 116 Å². The van der Waals surface area contributed by atoms with E-state index in [1.54, 1.807) is 0 Å². The summed E-state index contributed by atoms with van der Waals surface area (Å²) in [6.45, 7) is 0.536. The van der Waals surface area contributed by atoms with Crippen molar-refractivity contribution in [3.8, 4) is 0 Å². The zero-order valence-electron chi connectivity index (χ0n) is 10.9. The molecule has 20 heavy (non-hydrogen) atoms. The van der Waals surface area contributed by atoms with Crippen LogP contribution in [0.1, 0.15) is 18.4 Å². The summed E-state index contributed by atoms with van der Waals surface area (Å²) in [5.41, 5.74) is 0.857. The Balaban J connectivity index is 1.93. The van der Waals surface area contributed by atoms with Crippen molar-refractivity contribution in [3.63, 3.8) is 0 Å². The number of carbonyl (C=O) groups is 2. The Morgan fingerprint density at radius 2 is 2.05 bits per heavy atom. The SMILES string of the molecule is O=C(O)C(O)C1CCCN1C(=O)OCc1ccccc1. The standard InChI is InChI=1S/C14H17NO5/c16-12(13(17)18)11-7-4-8-15(11)14(19)20-9-10-5-2-1-3-6-10/h1-3,5-6,11-12,16H,4,7-9H2,(H,17,18). The van der Waals surface area contributed by atoms with E-state index < -0.39 is 24.2 Å². The summed E-state index contributed by atoms with van der Waals surface area (Å²) >= 11 is 0. The number of aliphatic carboxylic acids is 1. The number of likely N-dealkylation sites (tertiary alicyclic amines) is 1. The molecule has 1 aliphatic rings. The van der Waals surface area contributed by atoms with Crippen LogP contribution in [-0.2, 0) is 16.1 Å². The summed E-state index contributed by atoms with van der Waals surface area (Å²) < 4.78 is 5.16. The number of ether oxygens (including phenoxy) is 1. The molecular formula is C14H17NO5. The maximum atomic E-state index is 12.0. The predicted molar refractivity (Wildman–Crippen MR) is 70.0 cm³/mol. The zero-order chi connectivity index (χ0) is 14.5. The number of carboxylic acids is 1. The molecule has 0 aliphatic carbocycles. The quantitative estimate of drug-likeness (QED) is 0.865. The van der Waals surface area contributed by atoms with E-state index in [1.165, 1.54) is 4.90 Å². The van der Waals surface area contributed by atoms with Crippen LogP contribution in [0, 0.1) is 0 Å². The second-order valence-electron chi connectivity index (χ2n) is 4.73. The fourth-order valence-corrected chi connectivity index (χ4v) is 2.31. The normalized spacial score (nSPS) is 19.6. The van der Waals surface area contributed by atoms with Crippen molar-refractivity contribution in [1.82, 2.24) is 4.90 Å². The molecule has 6 heteroatoms. The van der Waals surface area contributed by atoms with Crippen LogP contribution in [0.3, 0.4) is 0 Å². The molecular weight excluding hydrogens is 262 g/mol. The number of carboxylic acid groups (broad SMARTS) is 1. The molecule has 1 aromatic rings. The average molecular weight is 279 g/mol. The predicted octanol–water partition coefficient (Wildman–Crippen LogP) is 1.23. The number of hydrogen-bond acceptors (Lipinski definition) is 4. The van der Waals surface area contributed by atoms with Gasteiger partial charge in [-0.25, -0.2) is 9.59 Å². The minimum Gasteiger partial charge on any atom is -0.479 e. The number of benzene rings is 1. The van der Waals surface area contributed by atoms with Crippen LogP contribution in [0.15, 0.2) is 30.3 Å². The van der Waals surface area contributed by atoms with E-state index in [-0.39, 0.29) is 6.61 Å². The molecule has 0 bridgehead atoms. The van der Waals surface area contributed by atoms with Crippen LogP contribution in [0.25, 0.3) is 0 Å².